The van der Waals surface area contributed by atoms with Crippen LogP contribution in [0.5, 0.6) is 11.5 Å². The first-order valence-corrected chi connectivity index (χ1v) is 8.22. The maximum Gasteiger partial charge on any atom is 0.304 e. The normalized spacial score (nSPS) is 29.1. The van der Waals surface area contributed by atoms with Crippen LogP contribution >= 0.6 is 0 Å². The molecule has 0 amide bonds. The van der Waals surface area contributed by atoms with Gasteiger partial charge in [0.15, 0.2) is 17.3 Å². The third-order valence-corrected chi connectivity index (χ3v) is 4.28. The average molecular weight is 386 g/mol. The Morgan fingerprint density at radius 1 is 1.19 bits per heavy atom. The molecule has 1 aliphatic heterocycles. The van der Waals surface area contributed by atoms with Gasteiger partial charge in [0.05, 0.1) is 18.6 Å². The molecule has 1 aliphatic rings. The Hall–Kier alpha value is -2.24. The minimum Gasteiger partial charge on any atom is -0.504 e. The Bertz CT molecular complexity index is 688. The minimum absolute atomic E-state index is 0.175. The Morgan fingerprint density at radius 3 is 2.44 bits per heavy atom. The highest BCUT2D eigenvalue weighted by atomic mass is 16.7. The van der Waals surface area contributed by atoms with Gasteiger partial charge >= 0.3 is 5.97 Å². The molecule has 27 heavy (non-hydrogen) atoms. The first kappa shape index (κ1) is 21.1. The van der Waals surface area contributed by atoms with Gasteiger partial charge in [-0.05, 0) is 12.1 Å². The molecule has 0 spiro atoms. The van der Waals surface area contributed by atoms with Crippen molar-refractivity contribution < 1.29 is 49.7 Å². The zero-order valence-corrected chi connectivity index (χ0v) is 14.4. The van der Waals surface area contributed by atoms with E-state index in [1.165, 1.54) is 25.1 Å². The highest BCUT2D eigenvalue weighted by molar-refractivity contribution is 6.01. The van der Waals surface area contributed by atoms with Gasteiger partial charge in [-0.3, -0.25) is 9.59 Å². The van der Waals surface area contributed by atoms with E-state index in [0.717, 1.165) is 0 Å². The van der Waals surface area contributed by atoms with Crippen molar-refractivity contribution in [2.75, 3.05) is 6.61 Å². The summed E-state index contributed by atoms with van der Waals surface area (Å²) in [6.45, 7) is 0.753. The predicted octanol–water partition coefficient (Wildman–Crippen LogP) is -1.14. The zero-order valence-electron chi connectivity index (χ0n) is 14.4. The molecule has 1 unspecified atom stereocenters. The second-order valence-corrected chi connectivity index (χ2v) is 6.33. The van der Waals surface area contributed by atoms with Crippen molar-refractivity contribution in [1.82, 2.24) is 0 Å². The number of Topliss-reactive ketones (excluding diaryl/α,β-unsaturated/α-hetero) is 1. The Balaban J connectivity index is 2.22. The Labute approximate surface area is 154 Å². The molecule has 6 N–H and O–H groups in total. The van der Waals surface area contributed by atoms with Crippen molar-refractivity contribution in [2.45, 2.75) is 44.1 Å². The molecule has 0 saturated carbocycles. The summed E-state index contributed by atoms with van der Waals surface area (Å²) >= 11 is 0. The van der Waals surface area contributed by atoms with Crippen LogP contribution in [0.1, 0.15) is 23.7 Å². The van der Waals surface area contributed by atoms with Gasteiger partial charge in [-0.2, -0.15) is 0 Å². The Kier molecular flexibility index (Phi) is 6.73. The van der Waals surface area contributed by atoms with E-state index in [0.29, 0.717) is 0 Å². The van der Waals surface area contributed by atoms with Gasteiger partial charge in [-0.1, -0.05) is 13.0 Å². The van der Waals surface area contributed by atoms with Crippen molar-refractivity contribution in [3.05, 3.63) is 23.8 Å². The lowest BCUT2D eigenvalue weighted by Gasteiger charge is -2.39. The molecule has 1 heterocycles. The molecule has 1 aromatic carbocycles. The highest BCUT2D eigenvalue weighted by Gasteiger charge is 2.45. The molecule has 10 heteroatoms. The number of carbonyl (C=O) groups is 2. The van der Waals surface area contributed by atoms with Crippen LogP contribution in [0, 0.1) is 5.92 Å². The number of para-hydroxylation sites is 1. The van der Waals surface area contributed by atoms with Crippen LogP contribution in [-0.4, -0.2) is 79.7 Å². The number of aliphatic carboxylic acids is 1. The number of aromatic hydroxyl groups is 1. The predicted molar refractivity (Wildman–Crippen MR) is 88.2 cm³/mol. The summed E-state index contributed by atoms with van der Waals surface area (Å²) in [4.78, 5) is 23.1. The lowest BCUT2D eigenvalue weighted by atomic mass is 9.95. The topological polar surface area (TPSA) is 174 Å². The van der Waals surface area contributed by atoms with E-state index in [9.17, 15) is 35.1 Å². The molecular weight excluding hydrogens is 364 g/mol. The average Bonchev–Trinajstić information content (AvgIpc) is 2.62. The largest absolute Gasteiger partial charge is 0.504 e. The number of ether oxygens (including phenoxy) is 2. The number of aliphatic hydroxyl groups excluding tert-OH is 4. The molecule has 1 aromatic rings. The van der Waals surface area contributed by atoms with Crippen LogP contribution < -0.4 is 4.74 Å². The molecule has 10 nitrogen and oxygen atoms in total. The SMILES string of the molecule is CC(CC(=O)O)C(=O)c1cccc(O[C@@H]2O[C@H](CO)[C@@H](O)[C@H](O)[C@H]2O)c1O. The van der Waals surface area contributed by atoms with Crippen LogP contribution in [0.25, 0.3) is 0 Å². The van der Waals surface area contributed by atoms with Crippen LogP contribution in [0.2, 0.25) is 0 Å². The fourth-order valence-corrected chi connectivity index (χ4v) is 2.73. The Morgan fingerprint density at radius 2 is 1.85 bits per heavy atom. The van der Waals surface area contributed by atoms with Gasteiger partial charge in [0.25, 0.3) is 0 Å². The number of hydrogen-bond acceptors (Lipinski definition) is 9. The van der Waals surface area contributed by atoms with Crippen molar-refractivity contribution in [1.29, 1.82) is 0 Å². The van der Waals surface area contributed by atoms with Gasteiger partial charge < -0.3 is 40.1 Å². The number of carboxylic acid groups (broad SMARTS) is 1. The van der Waals surface area contributed by atoms with Crippen molar-refractivity contribution >= 4 is 11.8 Å². The number of rotatable bonds is 7. The van der Waals surface area contributed by atoms with E-state index in [-0.39, 0.29) is 11.3 Å². The van der Waals surface area contributed by atoms with Crippen LogP contribution in [0.3, 0.4) is 0 Å². The second kappa shape index (κ2) is 8.63. The number of aliphatic hydroxyl groups is 4. The number of carboxylic acids is 1. The molecular formula is C17H22O10. The van der Waals surface area contributed by atoms with Gasteiger partial charge in [0, 0.05) is 5.92 Å². The fraction of sp³-hybridized carbons (Fsp3) is 0.529. The molecule has 1 fully saturated rings. The summed E-state index contributed by atoms with van der Waals surface area (Å²) in [5.74, 6) is -3.52. The van der Waals surface area contributed by atoms with E-state index >= 15 is 0 Å². The summed E-state index contributed by atoms with van der Waals surface area (Å²) in [5, 5.41) is 57.8. The summed E-state index contributed by atoms with van der Waals surface area (Å²) in [6, 6.07) is 3.94. The van der Waals surface area contributed by atoms with E-state index in [1.54, 1.807) is 0 Å². The molecule has 1 saturated heterocycles. The highest BCUT2D eigenvalue weighted by Crippen LogP contribution is 2.34. The van der Waals surface area contributed by atoms with Crippen LogP contribution in [0.4, 0.5) is 0 Å². The van der Waals surface area contributed by atoms with E-state index in [2.05, 4.69) is 0 Å². The van der Waals surface area contributed by atoms with Crippen molar-refractivity contribution in [3.63, 3.8) is 0 Å². The minimum atomic E-state index is -1.69. The first-order chi connectivity index (χ1) is 12.7. The molecule has 0 aromatic heterocycles. The van der Waals surface area contributed by atoms with Gasteiger partial charge in [-0.15, -0.1) is 0 Å². The third-order valence-electron chi connectivity index (χ3n) is 4.28. The van der Waals surface area contributed by atoms with Gasteiger partial charge in [-0.25, -0.2) is 0 Å². The number of ketones is 1. The third kappa shape index (κ3) is 4.54. The zero-order chi connectivity index (χ0) is 20.3. The molecule has 0 bridgehead atoms. The van der Waals surface area contributed by atoms with Crippen LogP contribution in [0.15, 0.2) is 18.2 Å². The summed E-state index contributed by atoms with van der Waals surface area (Å²) < 4.78 is 10.5. The molecule has 0 aliphatic carbocycles. The quantitative estimate of drug-likeness (QED) is 0.314. The maximum absolute atomic E-state index is 12.3. The standard InChI is InChI=1S/C17H22O10/c1-7(5-11(19)20)12(21)8-3-2-4-9(13(8)22)26-17-16(25)15(24)14(23)10(6-18)27-17/h2-4,7,10,14-18,22-25H,5-6H2,1H3,(H,19,20)/t7?,10-,14-,15+,16-,17-/m1/s1. The first-order valence-electron chi connectivity index (χ1n) is 8.22. The van der Waals surface area contributed by atoms with E-state index in [1.807, 2.05) is 0 Å². The lowest BCUT2D eigenvalue weighted by molar-refractivity contribution is -0.277. The maximum atomic E-state index is 12.3. The number of phenolic OH excluding ortho intramolecular Hbond substituents is 1. The van der Waals surface area contributed by atoms with Crippen molar-refractivity contribution in [2.24, 2.45) is 5.92 Å². The summed E-state index contributed by atoms with van der Waals surface area (Å²) in [6.07, 6.45) is -8.07. The van der Waals surface area contributed by atoms with E-state index < -0.39 is 67.2 Å². The van der Waals surface area contributed by atoms with Gasteiger partial charge in [0.1, 0.15) is 24.4 Å². The van der Waals surface area contributed by atoms with E-state index in [4.69, 9.17) is 14.6 Å². The van der Waals surface area contributed by atoms with Crippen LogP contribution in [-0.2, 0) is 9.53 Å². The lowest BCUT2D eigenvalue weighted by Crippen LogP contribution is -2.60. The van der Waals surface area contributed by atoms with Crippen molar-refractivity contribution in [3.8, 4) is 11.5 Å². The second-order valence-electron chi connectivity index (χ2n) is 6.33. The molecule has 150 valence electrons. The number of carbonyl (C=O) groups excluding carboxylic acids is 1. The monoisotopic (exact) mass is 386 g/mol. The summed E-state index contributed by atoms with van der Waals surface area (Å²) in [5.41, 5.74) is -0.175. The number of phenols is 1. The van der Waals surface area contributed by atoms with Gasteiger partial charge in [0.2, 0.25) is 6.29 Å². The smallest absolute Gasteiger partial charge is 0.304 e. The molecule has 6 atom stereocenters. The molecule has 0 radical (unpaired) electrons. The fourth-order valence-electron chi connectivity index (χ4n) is 2.73. The number of hydrogen-bond donors (Lipinski definition) is 6. The number of benzene rings is 1. The summed E-state index contributed by atoms with van der Waals surface area (Å²) in [7, 11) is 0. The molecule has 2 rings (SSSR count).